The molecule has 1 unspecified atom stereocenters. The molecule has 1 nitrogen and oxygen atoms in total. The molecule has 1 saturated carbocycles. The van der Waals surface area contributed by atoms with Crippen molar-refractivity contribution in [2.75, 3.05) is 6.54 Å². The van der Waals surface area contributed by atoms with E-state index >= 15 is 0 Å². The van der Waals surface area contributed by atoms with Crippen LogP contribution in [0.1, 0.15) is 52.9 Å². The van der Waals surface area contributed by atoms with E-state index in [0.717, 1.165) is 24.4 Å². The Bertz CT molecular complexity index is 125. The van der Waals surface area contributed by atoms with Gasteiger partial charge in [-0.15, -0.1) is 0 Å². The van der Waals surface area contributed by atoms with Crippen LogP contribution in [0.4, 0.5) is 0 Å². The maximum atomic E-state index is 3.55. The van der Waals surface area contributed by atoms with Crippen LogP contribution < -0.4 is 5.32 Å². The van der Waals surface area contributed by atoms with Gasteiger partial charge >= 0.3 is 0 Å². The number of nitrogens with one attached hydrogen (secondary N) is 1. The van der Waals surface area contributed by atoms with Gasteiger partial charge in [0.25, 0.3) is 0 Å². The Kier molecular flexibility index (Phi) is 4.79. The molecule has 1 atom stereocenters. The molecule has 0 aromatic carbocycles. The van der Waals surface area contributed by atoms with Crippen LogP contribution in [0, 0.1) is 11.8 Å². The molecule has 0 aromatic rings. The molecule has 0 spiro atoms. The molecule has 0 aromatic heterocycles. The number of rotatable bonds is 4. The van der Waals surface area contributed by atoms with Gasteiger partial charge in [-0.1, -0.05) is 33.1 Å². The lowest BCUT2D eigenvalue weighted by molar-refractivity contribution is 0.227. The van der Waals surface area contributed by atoms with Gasteiger partial charge in [0.2, 0.25) is 0 Å². The van der Waals surface area contributed by atoms with Crippen LogP contribution in [0.5, 0.6) is 0 Å². The van der Waals surface area contributed by atoms with Crippen molar-refractivity contribution in [2.24, 2.45) is 11.8 Å². The fraction of sp³-hybridized carbons (Fsp3) is 1.00. The molecular weight excluding hydrogens is 158 g/mol. The molecule has 1 N–H and O–H groups in total. The second-order valence-corrected chi connectivity index (χ2v) is 4.54. The van der Waals surface area contributed by atoms with E-state index in [0.29, 0.717) is 0 Å². The van der Waals surface area contributed by atoms with Crippen molar-refractivity contribution in [1.29, 1.82) is 0 Å². The van der Waals surface area contributed by atoms with Crippen LogP contribution >= 0.6 is 0 Å². The number of hydrogen-bond acceptors (Lipinski definition) is 1. The first-order valence-corrected chi connectivity index (χ1v) is 6.01. The van der Waals surface area contributed by atoms with Gasteiger partial charge in [0.15, 0.2) is 0 Å². The highest BCUT2D eigenvalue weighted by molar-refractivity contribution is 4.78. The van der Waals surface area contributed by atoms with Gasteiger partial charge in [0.1, 0.15) is 0 Å². The first-order valence-electron chi connectivity index (χ1n) is 6.01. The van der Waals surface area contributed by atoms with Crippen molar-refractivity contribution in [3.63, 3.8) is 0 Å². The minimum Gasteiger partial charge on any atom is -0.314 e. The van der Waals surface area contributed by atoms with Crippen molar-refractivity contribution in [2.45, 2.75) is 58.9 Å². The molecule has 1 rings (SSSR count). The van der Waals surface area contributed by atoms with E-state index in [1.165, 1.54) is 32.1 Å². The molecule has 0 aliphatic heterocycles. The molecule has 1 aliphatic carbocycles. The van der Waals surface area contributed by atoms with E-state index in [1.807, 2.05) is 0 Å². The molecule has 1 heteroatoms. The zero-order chi connectivity index (χ0) is 9.68. The van der Waals surface area contributed by atoms with Gasteiger partial charge < -0.3 is 5.32 Å². The highest BCUT2D eigenvalue weighted by Gasteiger charge is 2.23. The maximum absolute atomic E-state index is 3.55. The Morgan fingerprint density at radius 2 is 1.77 bits per heavy atom. The van der Waals surface area contributed by atoms with Gasteiger partial charge in [-0.2, -0.15) is 0 Å². The van der Waals surface area contributed by atoms with E-state index in [4.69, 9.17) is 0 Å². The van der Waals surface area contributed by atoms with Gasteiger partial charge in [0.05, 0.1) is 0 Å². The summed E-state index contributed by atoms with van der Waals surface area (Å²) in [6.45, 7) is 8.00. The molecule has 78 valence electrons. The average molecular weight is 183 g/mol. The Labute approximate surface area is 83.3 Å². The van der Waals surface area contributed by atoms with E-state index in [9.17, 15) is 0 Å². The fourth-order valence-electron chi connectivity index (χ4n) is 2.59. The summed E-state index contributed by atoms with van der Waals surface area (Å²) in [5, 5.41) is 3.55. The second-order valence-electron chi connectivity index (χ2n) is 4.54. The van der Waals surface area contributed by atoms with Gasteiger partial charge in [-0.3, -0.25) is 0 Å². The molecule has 1 aliphatic rings. The third kappa shape index (κ3) is 3.30. The smallest absolute Gasteiger partial charge is 0.00668 e. The largest absolute Gasteiger partial charge is 0.314 e. The fourth-order valence-corrected chi connectivity index (χ4v) is 2.59. The van der Waals surface area contributed by atoms with Crippen LogP contribution in [0.3, 0.4) is 0 Å². The highest BCUT2D eigenvalue weighted by atomic mass is 14.9. The monoisotopic (exact) mass is 183 g/mol. The summed E-state index contributed by atoms with van der Waals surface area (Å²) >= 11 is 0. The minimum absolute atomic E-state index is 0.739. The van der Waals surface area contributed by atoms with Crippen molar-refractivity contribution in [1.82, 2.24) is 5.32 Å². The Hall–Kier alpha value is -0.0400. The Morgan fingerprint density at radius 1 is 1.15 bits per heavy atom. The zero-order valence-corrected chi connectivity index (χ0v) is 9.47. The summed E-state index contributed by atoms with van der Waals surface area (Å²) < 4.78 is 0. The predicted octanol–water partition coefficient (Wildman–Crippen LogP) is 3.20. The van der Waals surface area contributed by atoms with Crippen LogP contribution in [-0.4, -0.2) is 12.6 Å². The Morgan fingerprint density at radius 3 is 2.23 bits per heavy atom. The topological polar surface area (TPSA) is 12.0 Å². The average Bonchev–Trinajstić information content (AvgIpc) is 2.18. The third-order valence-electron chi connectivity index (χ3n) is 3.70. The van der Waals surface area contributed by atoms with Gasteiger partial charge in [-0.05, 0) is 38.1 Å². The maximum Gasteiger partial charge on any atom is 0.00668 e. The summed E-state index contributed by atoms with van der Waals surface area (Å²) in [6, 6.07) is 0.739. The van der Waals surface area contributed by atoms with E-state index < -0.39 is 0 Å². The van der Waals surface area contributed by atoms with Crippen molar-refractivity contribution < 1.29 is 0 Å². The van der Waals surface area contributed by atoms with Crippen molar-refractivity contribution in [3.05, 3.63) is 0 Å². The number of hydrogen-bond donors (Lipinski definition) is 1. The molecule has 1 fully saturated rings. The first-order chi connectivity index (χ1) is 6.27. The summed E-state index contributed by atoms with van der Waals surface area (Å²) in [7, 11) is 0. The van der Waals surface area contributed by atoms with Crippen LogP contribution in [0.15, 0.2) is 0 Å². The normalized spacial score (nSPS) is 31.6. The molecule has 0 radical (unpaired) electrons. The molecule has 0 bridgehead atoms. The molecular formula is C12H25N. The SMILES string of the molecule is CCNC(C)C1CCC(CC)CC1. The standard InChI is InChI=1S/C12H25N/c1-4-11-6-8-12(9-7-11)10(3)13-5-2/h10-13H,4-9H2,1-3H3. The lowest BCUT2D eigenvalue weighted by atomic mass is 9.78. The van der Waals surface area contributed by atoms with Crippen molar-refractivity contribution >= 4 is 0 Å². The zero-order valence-electron chi connectivity index (χ0n) is 9.47. The van der Waals surface area contributed by atoms with Crippen LogP contribution in [-0.2, 0) is 0 Å². The quantitative estimate of drug-likeness (QED) is 0.706. The predicted molar refractivity (Wildman–Crippen MR) is 58.9 cm³/mol. The highest BCUT2D eigenvalue weighted by Crippen LogP contribution is 2.32. The van der Waals surface area contributed by atoms with E-state index in [1.54, 1.807) is 0 Å². The molecule has 0 saturated heterocycles. The summed E-state index contributed by atoms with van der Waals surface area (Å²) in [5.74, 6) is 1.98. The molecule has 13 heavy (non-hydrogen) atoms. The first kappa shape index (κ1) is 11.0. The lowest BCUT2D eigenvalue weighted by Crippen LogP contribution is -2.35. The van der Waals surface area contributed by atoms with E-state index in [2.05, 4.69) is 26.1 Å². The minimum atomic E-state index is 0.739. The van der Waals surface area contributed by atoms with E-state index in [-0.39, 0.29) is 0 Å². The van der Waals surface area contributed by atoms with Gasteiger partial charge in [-0.25, -0.2) is 0 Å². The van der Waals surface area contributed by atoms with Crippen LogP contribution in [0.25, 0.3) is 0 Å². The van der Waals surface area contributed by atoms with Crippen LogP contribution in [0.2, 0.25) is 0 Å². The second kappa shape index (κ2) is 5.64. The summed E-state index contributed by atoms with van der Waals surface area (Å²) in [6.07, 6.45) is 7.23. The molecule has 0 amide bonds. The lowest BCUT2D eigenvalue weighted by Gasteiger charge is -2.32. The third-order valence-corrected chi connectivity index (χ3v) is 3.70. The summed E-state index contributed by atoms with van der Waals surface area (Å²) in [4.78, 5) is 0. The Balaban J connectivity index is 2.23. The van der Waals surface area contributed by atoms with Crippen molar-refractivity contribution in [3.8, 4) is 0 Å². The summed E-state index contributed by atoms with van der Waals surface area (Å²) in [5.41, 5.74) is 0. The molecule has 0 heterocycles. The van der Waals surface area contributed by atoms with Gasteiger partial charge in [0, 0.05) is 6.04 Å².